The number of aliphatic hydroxyl groups is 4. The topological polar surface area (TPSA) is 126 Å². The maximum absolute atomic E-state index is 12.4. The first-order valence-electron chi connectivity index (χ1n) is 8.79. The normalized spacial score (nSPS) is 27.2. The summed E-state index contributed by atoms with van der Waals surface area (Å²) in [5, 5.41) is 39.5. The number of esters is 1. The molecule has 5 atom stereocenters. The van der Waals surface area contributed by atoms with E-state index in [-0.39, 0.29) is 17.9 Å². The van der Waals surface area contributed by atoms with Crippen LogP contribution in [0.25, 0.3) is 0 Å². The molecule has 1 heterocycles. The van der Waals surface area contributed by atoms with Gasteiger partial charge in [0.2, 0.25) is 6.29 Å². The fraction of sp³-hybridized carbons (Fsp3) is 0.350. The lowest BCUT2D eigenvalue weighted by atomic mass is 9.99. The van der Waals surface area contributed by atoms with Gasteiger partial charge in [-0.3, -0.25) is 0 Å². The Morgan fingerprint density at radius 2 is 1.64 bits per heavy atom. The maximum atomic E-state index is 12.4. The average molecular weight is 390 g/mol. The molecule has 0 amide bonds. The molecule has 1 saturated heterocycles. The van der Waals surface area contributed by atoms with Crippen molar-refractivity contribution in [2.75, 3.05) is 6.61 Å². The van der Waals surface area contributed by atoms with E-state index in [0.717, 1.165) is 0 Å². The number of hydrogen-bond acceptors (Lipinski definition) is 8. The molecule has 28 heavy (non-hydrogen) atoms. The molecule has 1 aliphatic heterocycles. The van der Waals surface area contributed by atoms with Gasteiger partial charge in [-0.25, -0.2) is 4.79 Å². The molecule has 8 heteroatoms. The SMILES string of the molecule is O=C(O[C@@H]1[C@@H](Oc2ccccc2CO)O[C@@H](CO)[C@@H](O)[C@@H]1O)c1ccccc1. The Morgan fingerprint density at radius 1 is 0.964 bits per heavy atom. The molecule has 0 saturated carbocycles. The second-order valence-corrected chi connectivity index (χ2v) is 6.33. The number of rotatable bonds is 6. The van der Waals surface area contributed by atoms with Crippen molar-refractivity contribution >= 4 is 5.97 Å². The van der Waals surface area contributed by atoms with Crippen LogP contribution in [0.5, 0.6) is 5.75 Å². The third-order valence-electron chi connectivity index (χ3n) is 4.46. The summed E-state index contributed by atoms with van der Waals surface area (Å²) in [7, 11) is 0. The fourth-order valence-electron chi connectivity index (χ4n) is 2.92. The number of para-hydroxylation sites is 1. The van der Waals surface area contributed by atoms with Gasteiger partial charge in [0.25, 0.3) is 0 Å². The van der Waals surface area contributed by atoms with Gasteiger partial charge < -0.3 is 34.6 Å². The molecule has 0 spiro atoms. The van der Waals surface area contributed by atoms with Crippen LogP contribution >= 0.6 is 0 Å². The van der Waals surface area contributed by atoms with Crippen LogP contribution in [0.15, 0.2) is 54.6 Å². The predicted molar refractivity (Wildman–Crippen MR) is 96.4 cm³/mol. The van der Waals surface area contributed by atoms with E-state index in [2.05, 4.69) is 0 Å². The van der Waals surface area contributed by atoms with Crippen LogP contribution in [0.4, 0.5) is 0 Å². The van der Waals surface area contributed by atoms with E-state index >= 15 is 0 Å². The average Bonchev–Trinajstić information content (AvgIpc) is 2.74. The lowest BCUT2D eigenvalue weighted by Gasteiger charge is -2.41. The lowest BCUT2D eigenvalue weighted by Crippen LogP contribution is -2.61. The minimum atomic E-state index is -1.55. The van der Waals surface area contributed by atoms with E-state index in [1.165, 1.54) is 0 Å². The third-order valence-corrected chi connectivity index (χ3v) is 4.46. The Balaban J connectivity index is 1.85. The number of carbonyl (C=O) groups excluding carboxylic acids is 1. The quantitative estimate of drug-likeness (QED) is 0.516. The van der Waals surface area contributed by atoms with Crippen molar-refractivity contribution in [3.05, 3.63) is 65.7 Å². The molecule has 2 aromatic rings. The minimum absolute atomic E-state index is 0.253. The van der Waals surface area contributed by atoms with Gasteiger partial charge in [0, 0.05) is 5.56 Å². The van der Waals surface area contributed by atoms with Crippen LogP contribution in [-0.4, -0.2) is 63.7 Å². The largest absolute Gasteiger partial charge is 0.460 e. The minimum Gasteiger partial charge on any atom is -0.460 e. The summed E-state index contributed by atoms with van der Waals surface area (Å²) < 4.78 is 16.6. The zero-order chi connectivity index (χ0) is 20.1. The van der Waals surface area contributed by atoms with Gasteiger partial charge in [0.1, 0.15) is 24.1 Å². The van der Waals surface area contributed by atoms with E-state index in [0.29, 0.717) is 5.56 Å². The van der Waals surface area contributed by atoms with Crippen LogP contribution in [0.2, 0.25) is 0 Å². The van der Waals surface area contributed by atoms with Gasteiger partial charge in [-0.2, -0.15) is 0 Å². The van der Waals surface area contributed by atoms with Gasteiger partial charge in [-0.1, -0.05) is 36.4 Å². The molecule has 1 fully saturated rings. The highest BCUT2D eigenvalue weighted by Gasteiger charge is 2.48. The molecular formula is C20H22O8. The highest BCUT2D eigenvalue weighted by molar-refractivity contribution is 5.89. The molecule has 1 aliphatic rings. The molecule has 0 aliphatic carbocycles. The second-order valence-electron chi connectivity index (χ2n) is 6.33. The monoisotopic (exact) mass is 390 g/mol. The highest BCUT2D eigenvalue weighted by atomic mass is 16.7. The lowest BCUT2D eigenvalue weighted by molar-refractivity contribution is -0.276. The number of benzene rings is 2. The Hall–Kier alpha value is -2.49. The molecule has 0 bridgehead atoms. The van der Waals surface area contributed by atoms with Crippen molar-refractivity contribution in [2.45, 2.75) is 37.3 Å². The summed E-state index contributed by atoms with van der Waals surface area (Å²) in [6.45, 7) is -0.870. The first-order valence-corrected chi connectivity index (χ1v) is 8.79. The Labute approximate surface area is 161 Å². The molecule has 0 radical (unpaired) electrons. The number of ether oxygens (including phenoxy) is 3. The van der Waals surface area contributed by atoms with Crippen LogP contribution in [0.3, 0.4) is 0 Å². The number of hydrogen-bond donors (Lipinski definition) is 4. The van der Waals surface area contributed by atoms with E-state index in [1.807, 2.05) is 0 Å². The predicted octanol–water partition coefficient (Wildman–Crippen LogP) is 0.222. The maximum Gasteiger partial charge on any atom is 0.338 e. The van der Waals surface area contributed by atoms with Crippen LogP contribution in [-0.2, 0) is 16.1 Å². The molecular weight excluding hydrogens is 368 g/mol. The summed E-state index contributed by atoms with van der Waals surface area (Å²) in [4.78, 5) is 12.4. The van der Waals surface area contributed by atoms with Crippen molar-refractivity contribution in [1.82, 2.24) is 0 Å². The van der Waals surface area contributed by atoms with Crippen molar-refractivity contribution in [3.8, 4) is 5.75 Å². The molecule has 0 aromatic heterocycles. The number of carbonyl (C=O) groups is 1. The summed E-state index contributed by atoms with van der Waals surface area (Å²) in [6, 6.07) is 14.7. The van der Waals surface area contributed by atoms with E-state index in [1.54, 1.807) is 54.6 Å². The first kappa shape index (κ1) is 20.2. The van der Waals surface area contributed by atoms with Crippen molar-refractivity contribution in [3.63, 3.8) is 0 Å². The smallest absolute Gasteiger partial charge is 0.338 e. The van der Waals surface area contributed by atoms with Gasteiger partial charge in [-0.05, 0) is 18.2 Å². The van der Waals surface area contributed by atoms with Gasteiger partial charge in [0.15, 0.2) is 6.10 Å². The Bertz CT molecular complexity index is 781. The Kier molecular flexibility index (Phi) is 6.61. The zero-order valence-corrected chi connectivity index (χ0v) is 14.9. The van der Waals surface area contributed by atoms with Gasteiger partial charge in [-0.15, -0.1) is 0 Å². The number of aliphatic hydroxyl groups excluding tert-OH is 4. The van der Waals surface area contributed by atoms with Crippen molar-refractivity contribution < 1.29 is 39.4 Å². The van der Waals surface area contributed by atoms with E-state index < -0.39 is 43.3 Å². The standard InChI is InChI=1S/C20H22O8/c21-10-13-8-4-5-9-14(13)26-20-18(17(24)16(23)15(11-22)27-20)28-19(25)12-6-2-1-3-7-12/h1-9,15-18,20-24H,10-11H2/t15-,16+,17-,18-,20-/m0/s1. The molecule has 0 unspecified atom stereocenters. The fourth-order valence-corrected chi connectivity index (χ4v) is 2.92. The molecule has 3 rings (SSSR count). The summed E-state index contributed by atoms with van der Waals surface area (Å²) in [6.07, 6.45) is -6.84. The van der Waals surface area contributed by atoms with Crippen molar-refractivity contribution in [2.24, 2.45) is 0 Å². The van der Waals surface area contributed by atoms with Crippen LogP contribution in [0.1, 0.15) is 15.9 Å². The molecule has 8 nitrogen and oxygen atoms in total. The molecule has 2 aromatic carbocycles. The van der Waals surface area contributed by atoms with Crippen LogP contribution in [0, 0.1) is 0 Å². The third kappa shape index (κ3) is 4.32. The van der Waals surface area contributed by atoms with Crippen molar-refractivity contribution in [1.29, 1.82) is 0 Å². The second kappa shape index (κ2) is 9.13. The van der Waals surface area contributed by atoms with E-state index in [4.69, 9.17) is 14.2 Å². The van der Waals surface area contributed by atoms with E-state index in [9.17, 15) is 25.2 Å². The van der Waals surface area contributed by atoms with Gasteiger partial charge in [0.05, 0.1) is 18.8 Å². The van der Waals surface area contributed by atoms with Crippen LogP contribution < -0.4 is 4.74 Å². The summed E-state index contributed by atoms with van der Waals surface area (Å²) >= 11 is 0. The summed E-state index contributed by atoms with van der Waals surface area (Å²) in [5.41, 5.74) is 0.711. The molecule has 4 N–H and O–H groups in total. The highest BCUT2D eigenvalue weighted by Crippen LogP contribution is 2.28. The molecule has 150 valence electrons. The Morgan fingerprint density at radius 3 is 2.32 bits per heavy atom. The van der Waals surface area contributed by atoms with Gasteiger partial charge >= 0.3 is 5.97 Å². The summed E-state index contributed by atoms with van der Waals surface area (Å²) in [5.74, 6) is -0.469. The zero-order valence-electron chi connectivity index (χ0n) is 14.9. The first-order chi connectivity index (χ1) is 13.5.